The quantitative estimate of drug-likeness (QED) is 0.689. The van der Waals surface area contributed by atoms with Crippen molar-refractivity contribution in [3.05, 3.63) is 0 Å². The highest BCUT2D eigenvalue weighted by molar-refractivity contribution is 7.90. The van der Waals surface area contributed by atoms with Crippen molar-refractivity contribution in [2.24, 2.45) is 0 Å². The average molecular weight is 251 g/mol. The van der Waals surface area contributed by atoms with E-state index in [4.69, 9.17) is 9.84 Å². The molecule has 0 saturated carbocycles. The van der Waals surface area contributed by atoms with E-state index in [9.17, 15) is 13.2 Å². The van der Waals surface area contributed by atoms with Gasteiger partial charge in [-0.1, -0.05) is 0 Å². The number of ether oxygens (including phenoxy) is 1. The van der Waals surface area contributed by atoms with Crippen molar-refractivity contribution in [1.29, 1.82) is 0 Å². The van der Waals surface area contributed by atoms with Gasteiger partial charge in [-0.15, -0.1) is 0 Å². The molecule has 0 aromatic carbocycles. The third kappa shape index (κ3) is 4.46. The minimum absolute atomic E-state index is 0.0959. The fraction of sp³-hybridized carbons (Fsp3) is 0.889. The van der Waals surface area contributed by atoms with Crippen LogP contribution in [0.3, 0.4) is 0 Å². The average Bonchev–Trinajstić information content (AvgIpc) is 2.17. The SMILES string of the molecule is CS(=O)(=O)CCC(C(=O)O)N1CCOCC1. The summed E-state index contributed by atoms with van der Waals surface area (Å²) in [5.74, 6) is -1.06. The van der Waals surface area contributed by atoms with Crippen LogP contribution >= 0.6 is 0 Å². The van der Waals surface area contributed by atoms with Crippen LogP contribution in [0, 0.1) is 0 Å². The number of carbonyl (C=O) groups is 1. The van der Waals surface area contributed by atoms with E-state index in [1.807, 2.05) is 0 Å². The lowest BCUT2D eigenvalue weighted by molar-refractivity contribution is -0.145. The van der Waals surface area contributed by atoms with Gasteiger partial charge in [-0.05, 0) is 6.42 Å². The van der Waals surface area contributed by atoms with Gasteiger partial charge in [0.25, 0.3) is 0 Å². The highest BCUT2D eigenvalue weighted by atomic mass is 32.2. The summed E-state index contributed by atoms with van der Waals surface area (Å²) in [6, 6.07) is -0.723. The maximum absolute atomic E-state index is 11.0. The highest BCUT2D eigenvalue weighted by Crippen LogP contribution is 2.09. The van der Waals surface area contributed by atoms with Crippen LogP contribution < -0.4 is 0 Å². The molecule has 0 amide bonds. The molecule has 1 heterocycles. The Balaban J connectivity index is 2.56. The summed E-state index contributed by atoms with van der Waals surface area (Å²) in [6.07, 6.45) is 1.25. The molecule has 7 heteroatoms. The van der Waals surface area contributed by atoms with Crippen molar-refractivity contribution in [2.75, 3.05) is 38.3 Å². The van der Waals surface area contributed by atoms with Crippen LogP contribution in [0.1, 0.15) is 6.42 Å². The number of nitrogens with zero attached hydrogens (tertiary/aromatic N) is 1. The van der Waals surface area contributed by atoms with Crippen LogP contribution in [0.5, 0.6) is 0 Å². The molecule has 0 aromatic heterocycles. The van der Waals surface area contributed by atoms with E-state index >= 15 is 0 Å². The Morgan fingerprint density at radius 1 is 1.44 bits per heavy atom. The summed E-state index contributed by atoms with van der Waals surface area (Å²) in [5.41, 5.74) is 0. The molecule has 1 N–H and O–H groups in total. The lowest BCUT2D eigenvalue weighted by Crippen LogP contribution is -2.48. The Morgan fingerprint density at radius 3 is 2.44 bits per heavy atom. The zero-order valence-corrected chi connectivity index (χ0v) is 10.1. The summed E-state index contributed by atoms with van der Waals surface area (Å²) in [5, 5.41) is 9.05. The molecule has 1 atom stereocenters. The molecular weight excluding hydrogens is 234 g/mol. The molecule has 94 valence electrons. The van der Waals surface area contributed by atoms with Crippen molar-refractivity contribution < 1.29 is 23.1 Å². The predicted octanol–water partition coefficient (Wildman–Crippen LogP) is -0.793. The van der Waals surface area contributed by atoms with E-state index in [1.165, 1.54) is 0 Å². The lowest BCUT2D eigenvalue weighted by Gasteiger charge is -2.31. The summed E-state index contributed by atoms with van der Waals surface area (Å²) in [4.78, 5) is 12.8. The summed E-state index contributed by atoms with van der Waals surface area (Å²) in [6.45, 7) is 2.09. The van der Waals surface area contributed by atoms with Crippen LogP contribution in [-0.4, -0.2) is 68.7 Å². The van der Waals surface area contributed by atoms with E-state index in [-0.39, 0.29) is 12.2 Å². The number of morpholine rings is 1. The largest absolute Gasteiger partial charge is 0.480 e. The van der Waals surface area contributed by atoms with E-state index < -0.39 is 21.8 Å². The second-order valence-corrected chi connectivity index (χ2v) is 6.18. The number of carboxylic acids is 1. The Hall–Kier alpha value is -0.660. The molecule has 6 nitrogen and oxygen atoms in total. The molecule has 0 aliphatic carbocycles. The second-order valence-electron chi connectivity index (χ2n) is 3.92. The van der Waals surface area contributed by atoms with Crippen molar-refractivity contribution in [3.63, 3.8) is 0 Å². The second kappa shape index (κ2) is 5.60. The van der Waals surface area contributed by atoms with Gasteiger partial charge in [0.2, 0.25) is 0 Å². The van der Waals surface area contributed by atoms with Crippen molar-refractivity contribution in [2.45, 2.75) is 12.5 Å². The zero-order valence-electron chi connectivity index (χ0n) is 9.26. The molecular formula is C9H17NO5S. The first-order valence-electron chi connectivity index (χ1n) is 5.12. The fourth-order valence-corrected chi connectivity index (χ4v) is 2.33. The van der Waals surface area contributed by atoms with E-state index in [0.29, 0.717) is 26.3 Å². The normalized spacial score (nSPS) is 20.6. The molecule has 0 aromatic rings. The maximum atomic E-state index is 11.0. The summed E-state index contributed by atoms with van der Waals surface area (Å²) in [7, 11) is -3.11. The number of hydrogen-bond donors (Lipinski definition) is 1. The lowest BCUT2D eigenvalue weighted by atomic mass is 10.2. The summed E-state index contributed by atoms with van der Waals surface area (Å²) < 4.78 is 27.1. The van der Waals surface area contributed by atoms with Crippen molar-refractivity contribution in [1.82, 2.24) is 4.90 Å². The van der Waals surface area contributed by atoms with Gasteiger partial charge in [-0.25, -0.2) is 8.42 Å². The van der Waals surface area contributed by atoms with Gasteiger partial charge in [-0.2, -0.15) is 0 Å². The van der Waals surface area contributed by atoms with Crippen LogP contribution in [-0.2, 0) is 19.4 Å². The number of carboxylic acid groups (broad SMARTS) is 1. The topological polar surface area (TPSA) is 83.9 Å². The number of rotatable bonds is 5. The van der Waals surface area contributed by atoms with E-state index in [0.717, 1.165) is 6.26 Å². The molecule has 16 heavy (non-hydrogen) atoms. The first kappa shape index (κ1) is 13.4. The van der Waals surface area contributed by atoms with Gasteiger partial charge in [0.15, 0.2) is 0 Å². The van der Waals surface area contributed by atoms with Crippen LogP contribution in [0.15, 0.2) is 0 Å². The molecule has 0 spiro atoms. The highest BCUT2D eigenvalue weighted by Gasteiger charge is 2.27. The Labute approximate surface area is 95.1 Å². The monoisotopic (exact) mass is 251 g/mol. The third-order valence-corrected chi connectivity index (χ3v) is 3.51. The number of hydrogen-bond acceptors (Lipinski definition) is 5. The van der Waals surface area contributed by atoms with Crippen LogP contribution in [0.4, 0.5) is 0 Å². The molecule has 1 rings (SSSR count). The molecule has 1 aliphatic rings. The molecule has 1 unspecified atom stereocenters. The smallest absolute Gasteiger partial charge is 0.320 e. The fourth-order valence-electron chi connectivity index (χ4n) is 1.68. The zero-order chi connectivity index (χ0) is 12.2. The van der Waals surface area contributed by atoms with Crippen molar-refractivity contribution in [3.8, 4) is 0 Å². The molecule has 0 radical (unpaired) electrons. The first-order valence-corrected chi connectivity index (χ1v) is 7.18. The number of sulfone groups is 1. The Bertz CT molecular complexity index is 334. The van der Waals surface area contributed by atoms with Gasteiger partial charge < -0.3 is 9.84 Å². The van der Waals surface area contributed by atoms with Gasteiger partial charge in [0.1, 0.15) is 15.9 Å². The van der Waals surface area contributed by atoms with Gasteiger partial charge in [0.05, 0.1) is 19.0 Å². The van der Waals surface area contributed by atoms with E-state index in [1.54, 1.807) is 4.90 Å². The first-order chi connectivity index (χ1) is 7.40. The van der Waals surface area contributed by atoms with Crippen LogP contribution in [0.2, 0.25) is 0 Å². The van der Waals surface area contributed by atoms with E-state index in [2.05, 4.69) is 0 Å². The Morgan fingerprint density at radius 2 is 2.00 bits per heavy atom. The minimum Gasteiger partial charge on any atom is -0.480 e. The molecule has 1 aliphatic heterocycles. The molecule has 1 fully saturated rings. The Kier molecular flexibility index (Phi) is 4.69. The van der Waals surface area contributed by atoms with Crippen molar-refractivity contribution >= 4 is 15.8 Å². The molecule has 0 bridgehead atoms. The maximum Gasteiger partial charge on any atom is 0.320 e. The van der Waals surface area contributed by atoms with Crippen LogP contribution in [0.25, 0.3) is 0 Å². The standard InChI is InChI=1S/C9H17NO5S/c1-16(13,14)7-2-8(9(11)12)10-3-5-15-6-4-10/h8H,2-7H2,1H3,(H,11,12). The van der Waals surface area contributed by atoms with Gasteiger partial charge in [0, 0.05) is 19.3 Å². The molecule has 1 saturated heterocycles. The predicted molar refractivity (Wildman–Crippen MR) is 58.1 cm³/mol. The third-order valence-electron chi connectivity index (χ3n) is 2.53. The van der Waals surface area contributed by atoms with Gasteiger partial charge in [-0.3, -0.25) is 9.69 Å². The summed E-state index contributed by atoms with van der Waals surface area (Å²) >= 11 is 0. The minimum atomic E-state index is -3.11. The van der Waals surface area contributed by atoms with Gasteiger partial charge >= 0.3 is 5.97 Å². The number of aliphatic carboxylic acids is 1.